The molecule has 1 saturated heterocycles. The number of ether oxygens (including phenoxy) is 3. The van der Waals surface area contributed by atoms with Crippen molar-refractivity contribution in [3.63, 3.8) is 0 Å². The Bertz CT molecular complexity index is 192. The van der Waals surface area contributed by atoms with E-state index in [1.54, 1.807) is 0 Å². The average molecular weight is 188 g/mol. The number of hydrogen-bond acceptors (Lipinski definition) is 4. The van der Waals surface area contributed by atoms with Crippen LogP contribution in [0, 0.1) is 0 Å². The summed E-state index contributed by atoms with van der Waals surface area (Å²) in [4.78, 5) is 10.9. The van der Waals surface area contributed by atoms with Crippen LogP contribution in [0.5, 0.6) is 0 Å². The molecule has 4 heteroatoms. The van der Waals surface area contributed by atoms with Gasteiger partial charge in [-0.25, -0.2) is 0 Å². The molecule has 76 valence electrons. The number of esters is 1. The number of methoxy groups -OCH3 is 1. The molecule has 0 spiro atoms. The minimum Gasteiger partial charge on any atom is -0.469 e. The maximum atomic E-state index is 10.9. The highest BCUT2D eigenvalue weighted by Crippen LogP contribution is 2.27. The molecule has 13 heavy (non-hydrogen) atoms. The van der Waals surface area contributed by atoms with E-state index in [4.69, 9.17) is 9.47 Å². The van der Waals surface area contributed by atoms with Crippen LogP contribution in [0.1, 0.15) is 26.7 Å². The number of hydrogen-bond donors (Lipinski definition) is 0. The van der Waals surface area contributed by atoms with E-state index in [0.717, 1.165) is 0 Å². The van der Waals surface area contributed by atoms with E-state index in [2.05, 4.69) is 4.74 Å². The second-order valence-corrected chi connectivity index (χ2v) is 3.45. The van der Waals surface area contributed by atoms with Gasteiger partial charge < -0.3 is 14.2 Å². The summed E-state index contributed by atoms with van der Waals surface area (Å²) in [5, 5.41) is 0. The van der Waals surface area contributed by atoms with Crippen molar-refractivity contribution in [3.05, 3.63) is 0 Å². The van der Waals surface area contributed by atoms with E-state index < -0.39 is 5.79 Å². The molecule has 1 aliphatic rings. The van der Waals surface area contributed by atoms with Crippen molar-refractivity contribution in [1.82, 2.24) is 0 Å². The zero-order valence-electron chi connectivity index (χ0n) is 8.33. The van der Waals surface area contributed by atoms with Gasteiger partial charge in [0.1, 0.15) is 0 Å². The minimum atomic E-state index is -0.604. The van der Waals surface area contributed by atoms with Crippen molar-refractivity contribution in [3.8, 4) is 0 Å². The standard InChI is InChI=1S/C9H16O4/c1-7-6-12-9(2,13-7)5-4-8(10)11-3/h7H,4-6H2,1-3H3. The molecule has 4 nitrogen and oxygen atoms in total. The topological polar surface area (TPSA) is 44.8 Å². The van der Waals surface area contributed by atoms with Gasteiger partial charge in [-0.1, -0.05) is 0 Å². The fourth-order valence-electron chi connectivity index (χ4n) is 1.35. The summed E-state index contributed by atoms with van der Waals surface area (Å²) in [7, 11) is 1.38. The summed E-state index contributed by atoms with van der Waals surface area (Å²) >= 11 is 0. The molecular formula is C9H16O4. The van der Waals surface area contributed by atoms with E-state index in [1.165, 1.54) is 7.11 Å². The van der Waals surface area contributed by atoms with Gasteiger partial charge in [-0.15, -0.1) is 0 Å². The first kappa shape index (κ1) is 10.5. The Labute approximate surface area is 78.2 Å². The fourth-order valence-corrected chi connectivity index (χ4v) is 1.35. The quantitative estimate of drug-likeness (QED) is 0.622. The van der Waals surface area contributed by atoms with Crippen LogP contribution in [0.2, 0.25) is 0 Å². The third-order valence-electron chi connectivity index (χ3n) is 2.08. The highest BCUT2D eigenvalue weighted by atomic mass is 16.7. The lowest BCUT2D eigenvalue weighted by Gasteiger charge is -2.21. The molecule has 0 N–H and O–H groups in total. The molecule has 0 bridgehead atoms. The van der Waals surface area contributed by atoms with Crippen molar-refractivity contribution < 1.29 is 19.0 Å². The second-order valence-electron chi connectivity index (χ2n) is 3.45. The summed E-state index contributed by atoms with van der Waals surface area (Å²) in [5.74, 6) is -0.832. The van der Waals surface area contributed by atoms with Crippen molar-refractivity contribution in [2.24, 2.45) is 0 Å². The molecule has 1 heterocycles. The van der Waals surface area contributed by atoms with Crippen LogP contribution in [0.25, 0.3) is 0 Å². The van der Waals surface area contributed by atoms with Crippen LogP contribution in [0.4, 0.5) is 0 Å². The first-order valence-corrected chi connectivity index (χ1v) is 4.44. The zero-order valence-corrected chi connectivity index (χ0v) is 8.33. The van der Waals surface area contributed by atoms with E-state index in [1.807, 2.05) is 13.8 Å². The van der Waals surface area contributed by atoms with Gasteiger partial charge in [-0.3, -0.25) is 4.79 Å². The molecule has 0 amide bonds. The Morgan fingerprint density at radius 1 is 1.69 bits per heavy atom. The predicted octanol–water partition coefficient (Wildman–Crippen LogP) is 1.09. The first-order valence-electron chi connectivity index (χ1n) is 4.44. The van der Waals surface area contributed by atoms with E-state index in [9.17, 15) is 4.79 Å². The Hall–Kier alpha value is -0.610. The van der Waals surface area contributed by atoms with Crippen molar-refractivity contribution in [1.29, 1.82) is 0 Å². The molecule has 0 radical (unpaired) electrons. The number of rotatable bonds is 3. The van der Waals surface area contributed by atoms with Gasteiger partial charge >= 0.3 is 5.97 Å². The first-order chi connectivity index (χ1) is 6.06. The summed E-state index contributed by atoms with van der Waals surface area (Å²) in [6.45, 7) is 4.39. The Morgan fingerprint density at radius 3 is 2.85 bits per heavy atom. The largest absolute Gasteiger partial charge is 0.469 e. The summed E-state index contributed by atoms with van der Waals surface area (Å²) < 4.78 is 15.5. The fraction of sp³-hybridized carbons (Fsp3) is 0.889. The summed E-state index contributed by atoms with van der Waals surface area (Å²) in [5.41, 5.74) is 0. The molecule has 1 aliphatic heterocycles. The van der Waals surface area contributed by atoms with Gasteiger partial charge in [0, 0.05) is 6.42 Å². The Morgan fingerprint density at radius 2 is 2.38 bits per heavy atom. The van der Waals surface area contributed by atoms with Gasteiger partial charge in [0.2, 0.25) is 0 Å². The van der Waals surface area contributed by atoms with Crippen molar-refractivity contribution in [2.45, 2.75) is 38.6 Å². The molecule has 2 unspecified atom stereocenters. The third-order valence-corrected chi connectivity index (χ3v) is 2.08. The lowest BCUT2D eigenvalue weighted by atomic mass is 10.2. The maximum Gasteiger partial charge on any atom is 0.305 e. The van der Waals surface area contributed by atoms with Crippen LogP contribution < -0.4 is 0 Å². The number of carbonyl (C=O) groups is 1. The van der Waals surface area contributed by atoms with E-state index in [-0.39, 0.29) is 12.1 Å². The average Bonchev–Trinajstić information content (AvgIpc) is 2.43. The van der Waals surface area contributed by atoms with Crippen LogP contribution in [0.3, 0.4) is 0 Å². The zero-order chi connectivity index (χ0) is 9.90. The highest BCUT2D eigenvalue weighted by molar-refractivity contribution is 5.69. The van der Waals surface area contributed by atoms with Gasteiger partial charge in [0.05, 0.1) is 26.2 Å². The van der Waals surface area contributed by atoms with Gasteiger partial charge in [0.15, 0.2) is 5.79 Å². The third kappa shape index (κ3) is 2.97. The van der Waals surface area contributed by atoms with Crippen LogP contribution in [-0.4, -0.2) is 31.6 Å². The molecular weight excluding hydrogens is 172 g/mol. The molecule has 1 rings (SSSR count). The normalized spacial score (nSPS) is 33.3. The molecule has 0 aromatic rings. The lowest BCUT2D eigenvalue weighted by Crippen LogP contribution is -2.27. The molecule has 1 fully saturated rings. The Balaban J connectivity index is 2.31. The van der Waals surface area contributed by atoms with Crippen LogP contribution in [-0.2, 0) is 19.0 Å². The lowest BCUT2D eigenvalue weighted by molar-refractivity contribution is -0.165. The number of carbonyl (C=O) groups excluding carboxylic acids is 1. The van der Waals surface area contributed by atoms with E-state index >= 15 is 0 Å². The molecule has 0 saturated carbocycles. The molecule has 0 aromatic carbocycles. The monoisotopic (exact) mass is 188 g/mol. The van der Waals surface area contributed by atoms with Gasteiger partial charge in [0.25, 0.3) is 0 Å². The van der Waals surface area contributed by atoms with E-state index in [0.29, 0.717) is 19.4 Å². The SMILES string of the molecule is COC(=O)CCC1(C)OCC(C)O1. The van der Waals surface area contributed by atoms with Crippen molar-refractivity contribution >= 4 is 5.97 Å². The van der Waals surface area contributed by atoms with Crippen LogP contribution in [0.15, 0.2) is 0 Å². The molecule has 2 atom stereocenters. The predicted molar refractivity (Wildman–Crippen MR) is 46.2 cm³/mol. The maximum absolute atomic E-state index is 10.9. The highest BCUT2D eigenvalue weighted by Gasteiger charge is 2.35. The Kier molecular flexibility index (Phi) is 3.27. The smallest absolute Gasteiger partial charge is 0.305 e. The summed E-state index contributed by atoms with van der Waals surface area (Å²) in [6, 6.07) is 0. The van der Waals surface area contributed by atoms with Gasteiger partial charge in [-0.05, 0) is 13.8 Å². The summed E-state index contributed by atoms with van der Waals surface area (Å²) in [6.07, 6.45) is 0.992. The van der Waals surface area contributed by atoms with Crippen molar-refractivity contribution in [2.75, 3.05) is 13.7 Å². The molecule has 0 aromatic heterocycles. The van der Waals surface area contributed by atoms with Gasteiger partial charge in [-0.2, -0.15) is 0 Å². The minimum absolute atomic E-state index is 0.114. The second kappa shape index (κ2) is 4.07. The molecule has 0 aliphatic carbocycles. The van der Waals surface area contributed by atoms with Crippen LogP contribution >= 0.6 is 0 Å².